The van der Waals surface area contributed by atoms with E-state index < -0.39 is 82.9 Å². The molecular formula is C52H67ClN2O15S. The molecule has 0 saturated heterocycles. The molecule has 1 heterocycles. The number of Topliss-reactive ketones (excluding diaryl/α,β-unsaturated/α-hetero) is 1. The van der Waals surface area contributed by atoms with Crippen LogP contribution < -0.4 is 4.74 Å². The average molecular weight is 1030 g/mol. The number of para-hydroxylation sites is 1. The van der Waals surface area contributed by atoms with Gasteiger partial charge in [-0.05, 0) is 80.0 Å². The summed E-state index contributed by atoms with van der Waals surface area (Å²) in [6.45, 7) is 6.48. The van der Waals surface area contributed by atoms with Crippen molar-refractivity contribution in [1.82, 2.24) is 9.29 Å². The summed E-state index contributed by atoms with van der Waals surface area (Å²) in [5, 5.41) is 0.362. The van der Waals surface area contributed by atoms with E-state index in [0.717, 1.165) is 55.0 Å². The molecule has 2 aliphatic carbocycles. The molecule has 2 fully saturated rings. The Balaban J connectivity index is 1.22. The molecule has 0 amide bonds. The number of nitrogens with zero attached hydrogens (tertiary/aromatic N) is 2. The van der Waals surface area contributed by atoms with Crippen LogP contribution in [-0.2, 0) is 79.4 Å². The zero-order chi connectivity index (χ0) is 51.7. The van der Waals surface area contributed by atoms with Gasteiger partial charge in [0.25, 0.3) is 0 Å². The highest BCUT2D eigenvalue weighted by molar-refractivity contribution is 7.89. The second-order valence-corrected chi connectivity index (χ2v) is 20.2. The monoisotopic (exact) mass is 1030 g/mol. The number of rotatable bonds is 31. The number of ether oxygens (including phenoxy) is 7. The Morgan fingerprint density at radius 3 is 2.10 bits per heavy atom. The fourth-order valence-corrected chi connectivity index (χ4v) is 9.23. The molecule has 0 bridgehead atoms. The van der Waals surface area contributed by atoms with E-state index in [4.69, 9.17) is 44.8 Å². The maximum absolute atomic E-state index is 13.9. The molecular weight excluding hydrogens is 960 g/mol. The number of aromatic nitrogens is 1. The van der Waals surface area contributed by atoms with E-state index in [-0.39, 0.29) is 68.5 Å². The second kappa shape index (κ2) is 26.9. The minimum absolute atomic E-state index is 0.0131. The lowest BCUT2D eigenvalue weighted by molar-refractivity contribution is -0.198. The van der Waals surface area contributed by atoms with Gasteiger partial charge in [0.1, 0.15) is 24.2 Å². The Hall–Kier alpha value is -5.43. The summed E-state index contributed by atoms with van der Waals surface area (Å²) in [4.78, 5) is 80.7. The number of carbonyl (C=O) groups is 6. The van der Waals surface area contributed by atoms with E-state index in [0.29, 0.717) is 29.8 Å². The molecule has 5 rings (SSSR count). The first-order valence-electron chi connectivity index (χ1n) is 24.4. The molecule has 71 heavy (non-hydrogen) atoms. The zero-order valence-electron chi connectivity index (χ0n) is 41.5. The number of hydrogen-bond acceptors (Lipinski definition) is 16. The zero-order valence-corrected chi connectivity index (χ0v) is 43.1. The molecule has 2 aromatic carbocycles. The van der Waals surface area contributed by atoms with Crippen LogP contribution in [0, 0.1) is 5.92 Å². The first kappa shape index (κ1) is 56.5. The predicted octanol–water partition coefficient (Wildman–Crippen LogP) is 8.39. The molecule has 0 unspecified atom stereocenters. The minimum atomic E-state index is -3.97. The van der Waals surface area contributed by atoms with Crippen molar-refractivity contribution >= 4 is 57.3 Å². The molecule has 2 aliphatic rings. The molecule has 0 radical (unpaired) electrons. The van der Waals surface area contributed by atoms with Crippen LogP contribution in [-0.4, -0.2) is 105 Å². The molecule has 1 aromatic heterocycles. The highest BCUT2D eigenvalue weighted by Crippen LogP contribution is 2.53. The molecule has 0 aliphatic heterocycles. The summed E-state index contributed by atoms with van der Waals surface area (Å²) in [6, 6.07) is 14.4. The summed E-state index contributed by atoms with van der Waals surface area (Å²) < 4.78 is 69.5. The van der Waals surface area contributed by atoms with Crippen molar-refractivity contribution in [1.29, 1.82) is 0 Å². The maximum atomic E-state index is 13.9. The topological polar surface area (TPSA) is 217 Å². The Kier molecular flexibility index (Phi) is 21.4. The van der Waals surface area contributed by atoms with E-state index in [1.807, 2.05) is 36.5 Å². The van der Waals surface area contributed by atoms with E-state index in [1.165, 1.54) is 44.3 Å². The number of carbonyl (C=O) groups excluding carboxylic acids is 6. The van der Waals surface area contributed by atoms with Gasteiger partial charge in [0.15, 0.2) is 12.2 Å². The summed E-state index contributed by atoms with van der Waals surface area (Å²) in [7, 11) is -2.49. The third-order valence-corrected chi connectivity index (χ3v) is 14.4. The van der Waals surface area contributed by atoms with Crippen molar-refractivity contribution in [2.24, 2.45) is 5.92 Å². The first-order chi connectivity index (χ1) is 33.9. The van der Waals surface area contributed by atoms with Gasteiger partial charge in [0.2, 0.25) is 10.0 Å². The lowest BCUT2D eigenvalue weighted by Gasteiger charge is -2.36. The van der Waals surface area contributed by atoms with E-state index in [2.05, 4.69) is 4.98 Å². The number of halogens is 1. The molecule has 17 nitrogen and oxygen atoms in total. The van der Waals surface area contributed by atoms with Crippen LogP contribution in [0.3, 0.4) is 0 Å². The lowest BCUT2D eigenvalue weighted by Crippen LogP contribution is -2.52. The van der Waals surface area contributed by atoms with Crippen molar-refractivity contribution in [3.05, 3.63) is 77.1 Å². The van der Waals surface area contributed by atoms with Crippen molar-refractivity contribution < 1.29 is 70.3 Å². The molecule has 2 saturated carbocycles. The Labute approximate surface area is 421 Å². The van der Waals surface area contributed by atoms with Crippen LogP contribution in [0.2, 0.25) is 5.02 Å². The first-order valence-corrected chi connectivity index (χ1v) is 26.2. The fourth-order valence-electron chi connectivity index (χ4n) is 7.80. The summed E-state index contributed by atoms with van der Waals surface area (Å²) in [5.41, 5.74) is 2.72. The Morgan fingerprint density at radius 1 is 0.789 bits per heavy atom. The van der Waals surface area contributed by atoms with Crippen molar-refractivity contribution in [2.45, 2.75) is 160 Å². The Bertz CT molecular complexity index is 2440. The van der Waals surface area contributed by atoms with Crippen LogP contribution in [0.25, 0.3) is 11.1 Å². The number of pyridine rings is 1. The summed E-state index contributed by atoms with van der Waals surface area (Å²) in [6.07, 6.45) is 3.39. The average Bonchev–Trinajstić information content (AvgIpc) is 4.32. The van der Waals surface area contributed by atoms with E-state index >= 15 is 0 Å². The molecule has 0 spiro atoms. The lowest BCUT2D eigenvalue weighted by atomic mass is 9.89. The van der Waals surface area contributed by atoms with Gasteiger partial charge in [-0.2, -0.15) is 0 Å². The van der Waals surface area contributed by atoms with Crippen LogP contribution in [0.5, 0.6) is 5.75 Å². The third-order valence-electron chi connectivity index (χ3n) is 12.2. The van der Waals surface area contributed by atoms with Crippen LogP contribution in [0.15, 0.2) is 65.8 Å². The smallest absolute Gasteiger partial charge is 0.306 e. The van der Waals surface area contributed by atoms with Gasteiger partial charge in [-0.1, -0.05) is 63.9 Å². The largest absolute Gasteiger partial charge is 0.490 e. The number of sulfonamides is 1. The summed E-state index contributed by atoms with van der Waals surface area (Å²) >= 11 is 6.64. The standard InChI is InChI=1S/C52H67ClN2O15S/c1-7-46(58)65-33-45(68-47(59)8-2)51(70-49(61)10-4)50(69-48(60)9-3)36(31-64-34(5)56)28-37(57)16-12-11-15-27-55(6)71(62,63)39-21-22-43(53)35(29-39)32-66-52(24-25-52)42-30-54-26-23-40(42)41-17-13-14-18-44(41)67-38-19-20-38/h13-14,17-18,21-23,26,29-30,36,38,45,50-51H,7-12,15-16,19-20,24-25,27-28,31-33H2,1-6H3/t36-,45+,50+,51+/m0/s1. The summed E-state index contributed by atoms with van der Waals surface area (Å²) in [5.74, 6) is -4.20. The van der Waals surface area contributed by atoms with Gasteiger partial charge in [-0.3, -0.25) is 33.8 Å². The number of esters is 5. The van der Waals surface area contributed by atoms with E-state index in [9.17, 15) is 37.2 Å². The highest BCUT2D eigenvalue weighted by atomic mass is 35.5. The van der Waals surface area contributed by atoms with Gasteiger partial charge in [-0.15, -0.1) is 0 Å². The molecule has 0 N–H and O–H groups in total. The highest BCUT2D eigenvalue weighted by Gasteiger charge is 2.48. The van der Waals surface area contributed by atoms with Gasteiger partial charge < -0.3 is 33.2 Å². The quantitative estimate of drug-likeness (QED) is 0.0336. The van der Waals surface area contributed by atoms with Gasteiger partial charge >= 0.3 is 29.8 Å². The SMILES string of the molecule is CCC(=O)OC[C@@H](OC(=O)CC)[C@@H](OC(=O)CC)[C@H](OC(=O)CC)[C@H](COC(C)=O)CC(=O)CCCCCN(C)S(=O)(=O)c1ccc(Cl)c(COC2(c3cnccc3-c3ccccc3OC3CC3)CC2)c1. The molecule has 19 heteroatoms. The predicted molar refractivity (Wildman–Crippen MR) is 260 cm³/mol. The number of benzene rings is 2. The van der Waals surface area contributed by atoms with Gasteiger partial charge in [0, 0.05) is 93.5 Å². The molecule has 3 aromatic rings. The normalized spacial score (nSPS) is 15.7. The maximum Gasteiger partial charge on any atom is 0.306 e. The van der Waals surface area contributed by atoms with Crippen molar-refractivity contribution in [2.75, 3.05) is 26.8 Å². The van der Waals surface area contributed by atoms with E-state index in [1.54, 1.807) is 19.2 Å². The fraction of sp³-hybridized carbons (Fsp3) is 0.558. The number of hydrogen-bond donors (Lipinski definition) is 0. The second-order valence-electron chi connectivity index (χ2n) is 17.7. The van der Waals surface area contributed by atoms with Crippen LogP contribution in [0.1, 0.15) is 129 Å². The van der Waals surface area contributed by atoms with Crippen LogP contribution >= 0.6 is 11.6 Å². The number of unbranched alkanes of at least 4 members (excludes halogenated alkanes) is 2. The van der Waals surface area contributed by atoms with Crippen LogP contribution in [0.4, 0.5) is 0 Å². The molecule has 4 atom stereocenters. The van der Waals surface area contributed by atoms with Crippen molar-refractivity contribution in [3.8, 4) is 16.9 Å². The number of ketones is 1. The Morgan fingerprint density at radius 2 is 1.45 bits per heavy atom. The van der Waals surface area contributed by atoms with Crippen molar-refractivity contribution in [3.63, 3.8) is 0 Å². The van der Waals surface area contributed by atoms with Gasteiger partial charge in [0.05, 0.1) is 29.8 Å². The minimum Gasteiger partial charge on any atom is -0.490 e. The van der Waals surface area contributed by atoms with Gasteiger partial charge in [-0.25, -0.2) is 12.7 Å². The third kappa shape index (κ3) is 16.6. The molecule has 388 valence electrons.